The molecule has 0 fully saturated rings. The van der Waals surface area contributed by atoms with Gasteiger partial charge in [0.15, 0.2) is 0 Å². The standard InChI is InChI=1S/C23H27N3O2S/c1-14(20(27)25-16-8-6-5-7-9-16)26-13-24-21-19(22(26)28)17-11-10-15(23(2,3)4)12-18(17)29-21/h5-9,13-15H,10-12H2,1-4H3,(H,25,27)/t14-,15-/m1/s1. The average Bonchev–Trinajstić information content (AvgIpc) is 3.06. The van der Waals surface area contributed by atoms with Crippen LogP contribution in [0.25, 0.3) is 10.2 Å². The molecule has 5 nitrogen and oxygen atoms in total. The van der Waals surface area contributed by atoms with Gasteiger partial charge in [-0.1, -0.05) is 39.0 Å². The van der Waals surface area contributed by atoms with Crippen LogP contribution in [-0.4, -0.2) is 15.5 Å². The number of para-hydroxylation sites is 1. The molecule has 2 atom stereocenters. The average molecular weight is 410 g/mol. The van der Waals surface area contributed by atoms with Gasteiger partial charge in [-0.05, 0) is 55.2 Å². The predicted molar refractivity (Wildman–Crippen MR) is 119 cm³/mol. The molecule has 0 spiro atoms. The first-order chi connectivity index (χ1) is 13.8. The maximum Gasteiger partial charge on any atom is 0.263 e. The van der Waals surface area contributed by atoms with E-state index in [0.29, 0.717) is 17.0 Å². The number of carbonyl (C=O) groups excluding carboxylic acids is 1. The topological polar surface area (TPSA) is 64.0 Å². The molecule has 152 valence electrons. The molecule has 6 heteroatoms. The van der Waals surface area contributed by atoms with Crippen molar-refractivity contribution in [2.24, 2.45) is 11.3 Å². The van der Waals surface area contributed by atoms with Crippen molar-refractivity contribution in [2.75, 3.05) is 5.32 Å². The molecule has 0 bridgehead atoms. The number of hydrogen-bond donors (Lipinski definition) is 1. The smallest absolute Gasteiger partial charge is 0.263 e. The Hall–Kier alpha value is -2.47. The quantitative estimate of drug-likeness (QED) is 0.675. The molecular formula is C23H27N3O2S. The number of benzene rings is 1. The van der Waals surface area contributed by atoms with Gasteiger partial charge in [0.2, 0.25) is 5.91 Å². The molecule has 0 saturated carbocycles. The minimum atomic E-state index is -0.638. The van der Waals surface area contributed by atoms with Crippen molar-refractivity contribution in [2.45, 2.75) is 53.0 Å². The number of nitrogens with one attached hydrogen (secondary N) is 1. The van der Waals surface area contributed by atoms with E-state index in [2.05, 4.69) is 31.1 Å². The van der Waals surface area contributed by atoms with Gasteiger partial charge >= 0.3 is 0 Å². The lowest BCUT2D eigenvalue weighted by atomic mass is 9.72. The normalized spacial score (nSPS) is 17.7. The van der Waals surface area contributed by atoms with E-state index in [4.69, 9.17) is 0 Å². The van der Waals surface area contributed by atoms with E-state index in [1.54, 1.807) is 18.3 Å². The number of rotatable bonds is 3. The molecule has 2 aromatic heterocycles. The van der Waals surface area contributed by atoms with E-state index in [1.165, 1.54) is 15.8 Å². The fraction of sp³-hybridized carbons (Fsp3) is 0.435. The summed E-state index contributed by atoms with van der Waals surface area (Å²) in [6, 6.07) is 8.64. The third-order valence-electron chi connectivity index (χ3n) is 6.06. The van der Waals surface area contributed by atoms with Crippen molar-refractivity contribution in [3.8, 4) is 0 Å². The molecule has 1 N–H and O–H groups in total. The number of amides is 1. The van der Waals surface area contributed by atoms with Crippen LogP contribution in [0.4, 0.5) is 5.69 Å². The Kier molecular flexibility index (Phi) is 5.07. The number of carbonyl (C=O) groups is 1. The summed E-state index contributed by atoms with van der Waals surface area (Å²) in [5.74, 6) is 0.386. The van der Waals surface area contributed by atoms with Crippen molar-refractivity contribution in [1.82, 2.24) is 9.55 Å². The zero-order valence-corrected chi connectivity index (χ0v) is 18.2. The number of fused-ring (bicyclic) bond motifs is 3. The molecule has 1 aliphatic rings. The van der Waals surface area contributed by atoms with Gasteiger partial charge in [-0.2, -0.15) is 0 Å². The van der Waals surface area contributed by atoms with E-state index in [-0.39, 0.29) is 16.9 Å². The van der Waals surface area contributed by atoms with Crippen molar-refractivity contribution in [3.63, 3.8) is 0 Å². The van der Waals surface area contributed by atoms with Crippen molar-refractivity contribution in [1.29, 1.82) is 0 Å². The molecular weight excluding hydrogens is 382 g/mol. The Morgan fingerprint density at radius 1 is 1.28 bits per heavy atom. The van der Waals surface area contributed by atoms with Crippen molar-refractivity contribution in [3.05, 3.63) is 57.5 Å². The van der Waals surface area contributed by atoms with Crippen LogP contribution in [-0.2, 0) is 17.6 Å². The van der Waals surface area contributed by atoms with Crippen LogP contribution in [0.15, 0.2) is 41.5 Å². The molecule has 0 unspecified atom stereocenters. The van der Waals surface area contributed by atoms with Crippen LogP contribution >= 0.6 is 11.3 Å². The van der Waals surface area contributed by atoms with Crippen LogP contribution in [0.1, 0.15) is 50.6 Å². The molecule has 0 saturated heterocycles. The minimum Gasteiger partial charge on any atom is -0.324 e. The molecule has 29 heavy (non-hydrogen) atoms. The van der Waals surface area contributed by atoms with Gasteiger partial charge < -0.3 is 5.32 Å². The highest BCUT2D eigenvalue weighted by atomic mass is 32.1. The van der Waals surface area contributed by atoms with Crippen LogP contribution < -0.4 is 10.9 Å². The fourth-order valence-electron chi connectivity index (χ4n) is 4.09. The number of aromatic nitrogens is 2. The molecule has 4 rings (SSSR count). The predicted octanol–water partition coefficient (Wildman–Crippen LogP) is 4.81. The molecule has 0 aliphatic heterocycles. The summed E-state index contributed by atoms with van der Waals surface area (Å²) in [6.07, 6.45) is 4.51. The van der Waals surface area contributed by atoms with Gasteiger partial charge in [0.05, 0.1) is 11.7 Å². The monoisotopic (exact) mass is 409 g/mol. The van der Waals surface area contributed by atoms with E-state index < -0.39 is 6.04 Å². The van der Waals surface area contributed by atoms with Gasteiger partial charge in [0.1, 0.15) is 10.9 Å². The maximum absolute atomic E-state index is 13.3. The lowest BCUT2D eigenvalue weighted by Gasteiger charge is -2.33. The van der Waals surface area contributed by atoms with Gasteiger partial charge in [-0.3, -0.25) is 14.2 Å². The lowest BCUT2D eigenvalue weighted by Crippen LogP contribution is -2.32. The second kappa shape index (κ2) is 7.41. The third kappa shape index (κ3) is 3.73. The largest absolute Gasteiger partial charge is 0.324 e. The Bertz CT molecular complexity index is 1110. The number of nitrogens with zero attached hydrogens (tertiary/aromatic N) is 2. The summed E-state index contributed by atoms with van der Waals surface area (Å²) in [7, 11) is 0. The molecule has 1 aliphatic carbocycles. The minimum absolute atomic E-state index is 0.113. The number of hydrogen-bond acceptors (Lipinski definition) is 4. The van der Waals surface area contributed by atoms with Crippen molar-refractivity contribution >= 4 is 33.1 Å². The molecule has 0 radical (unpaired) electrons. The summed E-state index contributed by atoms with van der Waals surface area (Å²) < 4.78 is 1.46. The van der Waals surface area contributed by atoms with Crippen LogP contribution in [0.5, 0.6) is 0 Å². The van der Waals surface area contributed by atoms with Gasteiger partial charge in [0, 0.05) is 10.6 Å². The van der Waals surface area contributed by atoms with Crippen LogP contribution in [0, 0.1) is 11.3 Å². The van der Waals surface area contributed by atoms with Crippen LogP contribution in [0.3, 0.4) is 0 Å². The molecule has 2 heterocycles. The van der Waals surface area contributed by atoms with Gasteiger partial charge in [0.25, 0.3) is 5.56 Å². The lowest BCUT2D eigenvalue weighted by molar-refractivity contribution is -0.118. The van der Waals surface area contributed by atoms with Crippen molar-refractivity contribution < 1.29 is 4.79 Å². The summed E-state index contributed by atoms with van der Waals surface area (Å²) in [4.78, 5) is 32.6. The Labute approximate surface area is 174 Å². The number of thiophene rings is 1. The summed E-state index contributed by atoms with van der Waals surface area (Å²) in [5, 5.41) is 3.58. The zero-order valence-electron chi connectivity index (χ0n) is 17.4. The SMILES string of the molecule is C[C@H](C(=O)Nc1ccccc1)n1cnc2sc3c(c2c1=O)CC[C@@H](C(C)(C)C)C3. The first kappa shape index (κ1) is 19.8. The molecule has 3 aromatic rings. The highest BCUT2D eigenvalue weighted by Crippen LogP contribution is 2.42. The summed E-state index contributed by atoms with van der Waals surface area (Å²) in [5.41, 5.74) is 2.00. The van der Waals surface area contributed by atoms with Gasteiger partial charge in [-0.25, -0.2) is 4.98 Å². The number of aryl methyl sites for hydroxylation is 1. The second-order valence-electron chi connectivity index (χ2n) is 8.98. The van der Waals surface area contributed by atoms with E-state index in [1.807, 2.05) is 30.3 Å². The number of anilines is 1. The Morgan fingerprint density at radius 3 is 2.69 bits per heavy atom. The summed E-state index contributed by atoms with van der Waals surface area (Å²) in [6.45, 7) is 8.60. The highest BCUT2D eigenvalue weighted by Gasteiger charge is 2.32. The maximum atomic E-state index is 13.3. The molecule has 1 aromatic carbocycles. The van der Waals surface area contributed by atoms with E-state index in [0.717, 1.165) is 29.7 Å². The van der Waals surface area contributed by atoms with Crippen LogP contribution in [0.2, 0.25) is 0 Å². The third-order valence-corrected chi connectivity index (χ3v) is 7.22. The fourth-order valence-corrected chi connectivity index (χ4v) is 5.35. The Morgan fingerprint density at radius 2 is 2.00 bits per heavy atom. The zero-order chi connectivity index (χ0) is 20.8. The highest BCUT2D eigenvalue weighted by molar-refractivity contribution is 7.18. The molecule has 1 amide bonds. The first-order valence-corrected chi connectivity index (χ1v) is 10.9. The van der Waals surface area contributed by atoms with Gasteiger partial charge in [-0.15, -0.1) is 11.3 Å². The Balaban J connectivity index is 1.66. The van der Waals surface area contributed by atoms with E-state index >= 15 is 0 Å². The summed E-state index contributed by atoms with van der Waals surface area (Å²) >= 11 is 1.64. The van der Waals surface area contributed by atoms with E-state index in [9.17, 15) is 9.59 Å². The first-order valence-electron chi connectivity index (χ1n) is 10.1. The second-order valence-corrected chi connectivity index (χ2v) is 10.1.